The van der Waals surface area contributed by atoms with Crippen molar-refractivity contribution in [1.82, 2.24) is 9.78 Å². The lowest BCUT2D eigenvalue weighted by Crippen LogP contribution is -2.20. The minimum absolute atomic E-state index is 0.238. The summed E-state index contributed by atoms with van der Waals surface area (Å²) in [7, 11) is 3.31. The number of hydrogen-bond donors (Lipinski definition) is 2. The fourth-order valence-corrected chi connectivity index (χ4v) is 2.35. The summed E-state index contributed by atoms with van der Waals surface area (Å²) in [6, 6.07) is 5.08. The number of nitrogens with two attached hydrogens (primary N) is 1. The largest absolute Gasteiger partial charge is 0.493 e. The molecule has 1 aromatic heterocycles. The van der Waals surface area contributed by atoms with Gasteiger partial charge in [-0.2, -0.15) is 5.10 Å². The van der Waals surface area contributed by atoms with Gasteiger partial charge in [0.15, 0.2) is 18.1 Å². The van der Waals surface area contributed by atoms with E-state index >= 15 is 0 Å². The van der Waals surface area contributed by atoms with Crippen LogP contribution in [-0.2, 0) is 16.6 Å². The molecule has 0 atom stereocenters. The van der Waals surface area contributed by atoms with Gasteiger partial charge >= 0.3 is 0 Å². The summed E-state index contributed by atoms with van der Waals surface area (Å²) in [5.74, 6) is -0.00632. The molecule has 8 heteroatoms. The molecule has 0 saturated carbocycles. The van der Waals surface area contributed by atoms with Gasteiger partial charge in [-0.1, -0.05) is 6.07 Å². The molecule has 0 aliphatic carbocycles. The van der Waals surface area contributed by atoms with E-state index < -0.39 is 5.91 Å². The van der Waals surface area contributed by atoms with E-state index in [0.717, 1.165) is 17.0 Å². The second-order valence-corrected chi connectivity index (χ2v) is 5.66. The maximum absolute atomic E-state index is 12.2. The topological polar surface area (TPSA) is 108 Å². The van der Waals surface area contributed by atoms with Crippen LogP contribution in [0.2, 0.25) is 0 Å². The summed E-state index contributed by atoms with van der Waals surface area (Å²) in [6.07, 6.45) is 3.07. The number of aromatic nitrogens is 2. The molecule has 1 heterocycles. The van der Waals surface area contributed by atoms with E-state index in [1.807, 2.05) is 20.9 Å². The average molecular weight is 358 g/mol. The number of anilines is 1. The van der Waals surface area contributed by atoms with Crippen molar-refractivity contribution in [3.8, 4) is 11.5 Å². The zero-order chi connectivity index (χ0) is 19.3. The highest BCUT2D eigenvalue weighted by Gasteiger charge is 2.11. The van der Waals surface area contributed by atoms with Crippen LogP contribution in [0.4, 0.5) is 5.69 Å². The first-order valence-corrected chi connectivity index (χ1v) is 7.90. The van der Waals surface area contributed by atoms with Crippen LogP contribution in [0.1, 0.15) is 17.0 Å². The third-order valence-electron chi connectivity index (χ3n) is 3.74. The van der Waals surface area contributed by atoms with Gasteiger partial charge in [0.05, 0.1) is 24.2 Å². The maximum Gasteiger partial charge on any atom is 0.255 e. The second-order valence-electron chi connectivity index (χ2n) is 5.66. The van der Waals surface area contributed by atoms with Crippen LogP contribution >= 0.6 is 0 Å². The lowest BCUT2D eigenvalue weighted by Gasteiger charge is -2.10. The molecule has 0 unspecified atom stereocenters. The predicted molar refractivity (Wildman–Crippen MR) is 98.0 cm³/mol. The number of aryl methyl sites for hydroxylation is 2. The van der Waals surface area contributed by atoms with Gasteiger partial charge in [-0.05, 0) is 37.6 Å². The third-order valence-corrected chi connectivity index (χ3v) is 3.74. The van der Waals surface area contributed by atoms with Crippen molar-refractivity contribution in [2.75, 3.05) is 19.0 Å². The molecule has 0 spiro atoms. The van der Waals surface area contributed by atoms with Crippen molar-refractivity contribution < 1.29 is 19.1 Å². The van der Waals surface area contributed by atoms with Crippen LogP contribution in [0.25, 0.3) is 6.08 Å². The summed E-state index contributed by atoms with van der Waals surface area (Å²) in [5.41, 5.74) is 8.14. The van der Waals surface area contributed by atoms with E-state index in [2.05, 4.69) is 10.4 Å². The van der Waals surface area contributed by atoms with Crippen molar-refractivity contribution in [2.45, 2.75) is 13.8 Å². The maximum atomic E-state index is 12.2. The summed E-state index contributed by atoms with van der Waals surface area (Å²) >= 11 is 0. The fraction of sp³-hybridized carbons (Fsp3) is 0.278. The molecule has 3 N–H and O–H groups in total. The number of nitrogens with one attached hydrogen (secondary N) is 1. The highest BCUT2D eigenvalue weighted by Crippen LogP contribution is 2.28. The van der Waals surface area contributed by atoms with Gasteiger partial charge in [0, 0.05) is 13.1 Å². The average Bonchev–Trinajstić information content (AvgIpc) is 2.84. The SMILES string of the molecule is COc1cc(/C=C/C(=O)Nc2c(C)nn(C)c2C)ccc1OCC(N)=O. The summed E-state index contributed by atoms with van der Waals surface area (Å²) in [5, 5.41) is 7.08. The van der Waals surface area contributed by atoms with Crippen LogP contribution in [0, 0.1) is 13.8 Å². The zero-order valence-corrected chi connectivity index (χ0v) is 15.2. The molecule has 1 aromatic carbocycles. The molecule has 0 fully saturated rings. The Kier molecular flexibility index (Phi) is 6.00. The van der Waals surface area contributed by atoms with Gasteiger partial charge in [0.2, 0.25) is 5.91 Å². The minimum atomic E-state index is -0.575. The molecule has 8 nitrogen and oxygen atoms in total. The number of carbonyl (C=O) groups is 2. The number of rotatable bonds is 7. The number of carbonyl (C=O) groups excluding carboxylic acids is 2. The smallest absolute Gasteiger partial charge is 0.255 e. The number of amides is 2. The van der Waals surface area contributed by atoms with E-state index in [1.165, 1.54) is 13.2 Å². The molecule has 26 heavy (non-hydrogen) atoms. The van der Waals surface area contributed by atoms with Crippen molar-refractivity contribution in [1.29, 1.82) is 0 Å². The number of hydrogen-bond acceptors (Lipinski definition) is 5. The monoisotopic (exact) mass is 358 g/mol. The molecule has 2 amide bonds. The number of methoxy groups -OCH3 is 1. The molecule has 0 radical (unpaired) electrons. The Morgan fingerprint density at radius 2 is 2.04 bits per heavy atom. The molecule has 0 saturated heterocycles. The first-order valence-electron chi connectivity index (χ1n) is 7.90. The van der Waals surface area contributed by atoms with Crippen molar-refractivity contribution in [3.05, 3.63) is 41.2 Å². The van der Waals surface area contributed by atoms with E-state index in [0.29, 0.717) is 17.2 Å². The quantitative estimate of drug-likeness (QED) is 0.730. The van der Waals surface area contributed by atoms with Crippen LogP contribution in [0.5, 0.6) is 11.5 Å². The van der Waals surface area contributed by atoms with Gasteiger partial charge < -0.3 is 20.5 Å². The Balaban J connectivity index is 2.09. The van der Waals surface area contributed by atoms with Gasteiger partial charge in [-0.25, -0.2) is 0 Å². The second kappa shape index (κ2) is 8.19. The van der Waals surface area contributed by atoms with E-state index in [-0.39, 0.29) is 12.5 Å². The molecular formula is C18H22N4O4. The number of benzene rings is 1. The molecule has 2 rings (SSSR count). The lowest BCUT2D eigenvalue weighted by molar-refractivity contribution is -0.120. The van der Waals surface area contributed by atoms with Gasteiger partial charge in [0.25, 0.3) is 5.91 Å². The highest BCUT2D eigenvalue weighted by molar-refractivity contribution is 6.02. The van der Waals surface area contributed by atoms with E-state index in [9.17, 15) is 9.59 Å². The number of ether oxygens (including phenoxy) is 2. The number of primary amides is 1. The normalized spacial score (nSPS) is 10.8. The minimum Gasteiger partial charge on any atom is -0.493 e. The molecule has 2 aromatic rings. The Morgan fingerprint density at radius 1 is 1.31 bits per heavy atom. The van der Waals surface area contributed by atoms with Crippen LogP contribution in [0.15, 0.2) is 24.3 Å². The first kappa shape index (κ1) is 19.0. The highest BCUT2D eigenvalue weighted by atomic mass is 16.5. The van der Waals surface area contributed by atoms with E-state index in [4.69, 9.17) is 15.2 Å². The van der Waals surface area contributed by atoms with Crippen LogP contribution < -0.4 is 20.5 Å². The lowest BCUT2D eigenvalue weighted by atomic mass is 10.2. The van der Waals surface area contributed by atoms with Gasteiger partial charge in [-0.3, -0.25) is 14.3 Å². The van der Waals surface area contributed by atoms with Crippen molar-refractivity contribution >= 4 is 23.6 Å². The Bertz CT molecular complexity index is 855. The Morgan fingerprint density at radius 3 is 2.62 bits per heavy atom. The number of nitrogens with zero attached hydrogens (tertiary/aromatic N) is 2. The van der Waals surface area contributed by atoms with Crippen molar-refractivity contribution in [3.63, 3.8) is 0 Å². The summed E-state index contributed by atoms with van der Waals surface area (Å²) < 4.78 is 12.2. The van der Waals surface area contributed by atoms with Gasteiger partial charge in [0.1, 0.15) is 0 Å². The third kappa shape index (κ3) is 4.62. The van der Waals surface area contributed by atoms with E-state index in [1.54, 1.807) is 29.0 Å². The standard InChI is InChI=1S/C18H22N4O4/c1-11-18(12(2)22(3)21-11)20-17(24)8-6-13-5-7-14(15(9-13)25-4)26-10-16(19)23/h5-9H,10H2,1-4H3,(H2,19,23)(H,20,24)/b8-6+. The molecule has 138 valence electrons. The summed E-state index contributed by atoms with van der Waals surface area (Å²) in [6.45, 7) is 3.48. The first-order chi connectivity index (χ1) is 12.3. The molecule has 0 aliphatic heterocycles. The zero-order valence-electron chi connectivity index (χ0n) is 15.2. The Labute approximate surface area is 151 Å². The molecular weight excluding hydrogens is 336 g/mol. The van der Waals surface area contributed by atoms with Crippen LogP contribution in [-0.4, -0.2) is 35.3 Å². The summed E-state index contributed by atoms with van der Waals surface area (Å²) in [4.78, 5) is 23.0. The molecule has 0 bridgehead atoms. The fourth-order valence-electron chi connectivity index (χ4n) is 2.35. The predicted octanol–water partition coefficient (Wildman–Crippen LogP) is 1.56. The Hall–Kier alpha value is -3.29. The van der Waals surface area contributed by atoms with Gasteiger partial charge in [-0.15, -0.1) is 0 Å². The van der Waals surface area contributed by atoms with Crippen LogP contribution in [0.3, 0.4) is 0 Å². The van der Waals surface area contributed by atoms with Crippen molar-refractivity contribution in [2.24, 2.45) is 12.8 Å². The molecule has 0 aliphatic rings.